The maximum atomic E-state index is 11.2. The number of rotatable bonds is 8. The molecule has 0 amide bonds. The predicted molar refractivity (Wildman–Crippen MR) is 84.2 cm³/mol. The summed E-state index contributed by atoms with van der Waals surface area (Å²) in [7, 11) is 3.39. The van der Waals surface area contributed by atoms with E-state index < -0.39 is 9.05 Å². The summed E-state index contributed by atoms with van der Waals surface area (Å²) in [6.45, 7) is 2.31. The molecule has 1 rings (SSSR count). The summed E-state index contributed by atoms with van der Waals surface area (Å²) in [6.07, 6.45) is 1.63. The Morgan fingerprint density at radius 2 is 2.10 bits per heavy atom. The fourth-order valence-electron chi connectivity index (χ4n) is 1.84. The lowest BCUT2D eigenvalue weighted by Gasteiger charge is -2.16. The molecule has 0 saturated carbocycles. The van der Waals surface area contributed by atoms with Gasteiger partial charge in [-0.3, -0.25) is 0 Å². The van der Waals surface area contributed by atoms with Crippen molar-refractivity contribution in [1.29, 1.82) is 0 Å². The largest absolute Gasteiger partial charge is 0.497 e. The molecule has 0 fully saturated rings. The Morgan fingerprint density at radius 1 is 1.40 bits per heavy atom. The first-order valence-electron chi connectivity index (χ1n) is 6.24. The van der Waals surface area contributed by atoms with Gasteiger partial charge in [-0.05, 0) is 40.5 Å². The van der Waals surface area contributed by atoms with E-state index in [0.29, 0.717) is 12.4 Å². The molecule has 1 aromatic rings. The molecule has 0 aliphatic heterocycles. The third-order valence-electron chi connectivity index (χ3n) is 2.75. The zero-order valence-corrected chi connectivity index (χ0v) is 14.6. The van der Waals surface area contributed by atoms with Crippen LogP contribution in [0, 0.1) is 5.92 Å². The van der Waals surface area contributed by atoms with Crippen LogP contribution in [0.2, 0.25) is 0 Å². The number of halogens is 2. The summed E-state index contributed by atoms with van der Waals surface area (Å²) in [4.78, 5) is 0. The van der Waals surface area contributed by atoms with Crippen molar-refractivity contribution in [1.82, 2.24) is 0 Å². The third kappa shape index (κ3) is 6.33. The molecule has 0 saturated heterocycles. The average molecular weight is 386 g/mol. The standard InChI is InChI=1S/C13H18BrClO4S/c1-3-4-10(9-20(15,16)17)8-19-13-6-5-11(18-2)7-12(13)14/h5-7,10H,3-4,8-9H2,1-2H3. The summed E-state index contributed by atoms with van der Waals surface area (Å²) in [6, 6.07) is 5.36. The van der Waals surface area contributed by atoms with Crippen molar-refractivity contribution in [2.75, 3.05) is 19.5 Å². The highest BCUT2D eigenvalue weighted by molar-refractivity contribution is 9.10. The summed E-state index contributed by atoms with van der Waals surface area (Å²) in [5, 5.41) is 0. The minimum atomic E-state index is -3.51. The van der Waals surface area contributed by atoms with Crippen molar-refractivity contribution in [3.8, 4) is 11.5 Å². The Morgan fingerprint density at radius 3 is 2.60 bits per heavy atom. The molecule has 7 heteroatoms. The second-order valence-electron chi connectivity index (χ2n) is 4.47. The van der Waals surface area contributed by atoms with Gasteiger partial charge in [0.25, 0.3) is 0 Å². The molecular formula is C13H18BrClO4S. The van der Waals surface area contributed by atoms with Crippen molar-refractivity contribution in [2.24, 2.45) is 5.92 Å². The Hall–Kier alpha value is -0.460. The second-order valence-corrected chi connectivity index (χ2v) is 8.14. The maximum absolute atomic E-state index is 11.2. The van der Waals surface area contributed by atoms with E-state index in [0.717, 1.165) is 23.1 Å². The monoisotopic (exact) mass is 384 g/mol. The first kappa shape index (κ1) is 17.6. The molecular weight excluding hydrogens is 368 g/mol. The predicted octanol–water partition coefficient (Wildman–Crippen LogP) is 3.82. The first-order chi connectivity index (χ1) is 9.35. The Balaban J connectivity index is 2.67. The molecule has 0 aliphatic rings. The molecule has 4 nitrogen and oxygen atoms in total. The van der Waals surface area contributed by atoms with E-state index in [1.807, 2.05) is 6.92 Å². The second kappa shape index (κ2) is 8.10. The van der Waals surface area contributed by atoms with Gasteiger partial charge in [0.05, 0.1) is 23.9 Å². The lowest BCUT2D eigenvalue weighted by Crippen LogP contribution is -2.19. The molecule has 20 heavy (non-hydrogen) atoms. The zero-order chi connectivity index (χ0) is 15.2. The topological polar surface area (TPSA) is 52.6 Å². The van der Waals surface area contributed by atoms with E-state index >= 15 is 0 Å². The van der Waals surface area contributed by atoms with Crippen molar-refractivity contribution < 1.29 is 17.9 Å². The van der Waals surface area contributed by atoms with Gasteiger partial charge in [0, 0.05) is 16.6 Å². The van der Waals surface area contributed by atoms with Crippen LogP contribution in [-0.4, -0.2) is 27.9 Å². The van der Waals surface area contributed by atoms with Crippen LogP contribution in [0.15, 0.2) is 22.7 Å². The van der Waals surface area contributed by atoms with E-state index in [-0.39, 0.29) is 11.7 Å². The summed E-state index contributed by atoms with van der Waals surface area (Å²) in [5.74, 6) is 1.18. The van der Waals surface area contributed by atoms with Crippen LogP contribution in [0.25, 0.3) is 0 Å². The Bertz CT molecular complexity index is 533. The van der Waals surface area contributed by atoms with Crippen LogP contribution >= 0.6 is 26.6 Å². The molecule has 0 radical (unpaired) electrons. The molecule has 0 heterocycles. The van der Waals surface area contributed by atoms with Crippen molar-refractivity contribution in [2.45, 2.75) is 19.8 Å². The summed E-state index contributed by atoms with van der Waals surface area (Å²) < 4.78 is 33.9. The van der Waals surface area contributed by atoms with Crippen molar-refractivity contribution in [3.05, 3.63) is 22.7 Å². The van der Waals surface area contributed by atoms with E-state index in [4.69, 9.17) is 20.2 Å². The SMILES string of the molecule is CCCC(COc1ccc(OC)cc1Br)CS(=O)(=O)Cl. The first-order valence-corrected chi connectivity index (χ1v) is 9.51. The van der Waals surface area contributed by atoms with Gasteiger partial charge in [-0.15, -0.1) is 0 Å². The number of methoxy groups -OCH3 is 1. The highest BCUT2D eigenvalue weighted by atomic mass is 79.9. The van der Waals surface area contributed by atoms with Crippen LogP contribution in [0.1, 0.15) is 19.8 Å². The molecule has 114 valence electrons. The van der Waals surface area contributed by atoms with Gasteiger partial charge >= 0.3 is 0 Å². The molecule has 0 spiro atoms. The number of ether oxygens (including phenoxy) is 2. The number of hydrogen-bond donors (Lipinski definition) is 0. The highest BCUT2D eigenvalue weighted by Gasteiger charge is 2.17. The van der Waals surface area contributed by atoms with Crippen LogP contribution in [0.3, 0.4) is 0 Å². The Labute approximate surface area is 133 Å². The van der Waals surface area contributed by atoms with E-state index in [1.165, 1.54) is 0 Å². The van der Waals surface area contributed by atoms with Gasteiger partial charge in [0.1, 0.15) is 11.5 Å². The van der Waals surface area contributed by atoms with Crippen molar-refractivity contribution in [3.63, 3.8) is 0 Å². The number of hydrogen-bond acceptors (Lipinski definition) is 4. The normalized spacial score (nSPS) is 13.0. The van der Waals surface area contributed by atoms with Gasteiger partial charge in [-0.2, -0.15) is 0 Å². The quantitative estimate of drug-likeness (QED) is 0.638. The summed E-state index contributed by atoms with van der Waals surface area (Å²) >= 11 is 3.39. The van der Waals surface area contributed by atoms with Gasteiger partial charge in [0.15, 0.2) is 0 Å². The molecule has 1 aromatic carbocycles. The molecule has 0 bridgehead atoms. The fraction of sp³-hybridized carbons (Fsp3) is 0.538. The number of benzene rings is 1. The molecule has 0 aliphatic carbocycles. The minimum Gasteiger partial charge on any atom is -0.497 e. The molecule has 0 aromatic heterocycles. The van der Waals surface area contributed by atoms with Crippen LogP contribution in [-0.2, 0) is 9.05 Å². The van der Waals surface area contributed by atoms with E-state index in [9.17, 15) is 8.42 Å². The zero-order valence-electron chi connectivity index (χ0n) is 11.4. The van der Waals surface area contributed by atoms with Crippen LogP contribution in [0.4, 0.5) is 0 Å². The van der Waals surface area contributed by atoms with Gasteiger partial charge in [-0.1, -0.05) is 13.3 Å². The lowest BCUT2D eigenvalue weighted by molar-refractivity contribution is 0.251. The smallest absolute Gasteiger partial charge is 0.232 e. The summed E-state index contributed by atoms with van der Waals surface area (Å²) in [5.41, 5.74) is 0. The van der Waals surface area contributed by atoms with E-state index in [1.54, 1.807) is 25.3 Å². The van der Waals surface area contributed by atoms with E-state index in [2.05, 4.69) is 15.9 Å². The van der Waals surface area contributed by atoms with Crippen LogP contribution in [0.5, 0.6) is 11.5 Å². The van der Waals surface area contributed by atoms with Crippen LogP contribution < -0.4 is 9.47 Å². The fourth-order valence-corrected chi connectivity index (χ4v) is 3.67. The van der Waals surface area contributed by atoms with Crippen molar-refractivity contribution >= 4 is 35.7 Å². The lowest BCUT2D eigenvalue weighted by atomic mass is 10.1. The van der Waals surface area contributed by atoms with Gasteiger partial charge < -0.3 is 9.47 Å². The minimum absolute atomic E-state index is 0.0732. The highest BCUT2D eigenvalue weighted by Crippen LogP contribution is 2.29. The third-order valence-corrected chi connectivity index (χ3v) is 4.61. The molecule has 0 N–H and O–H groups in total. The molecule has 1 unspecified atom stereocenters. The molecule has 1 atom stereocenters. The average Bonchev–Trinajstić information content (AvgIpc) is 2.35. The Kier molecular flexibility index (Phi) is 7.12. The van der Waals surface area contributed by atoms with Gasteiger partial charge in [0.2, 0.25) is 9.05 Å². The maximum Gasteiger partial charge on any atom is 0.232 e. The van der Waals surface area contributed by atoms with Gasteiger partial charge in [-0.25, -0.2) is 8.42 Å².